The van der Waals surface area contributed by atoms with E-state index in [9.17, 15) is 0 Å². The Morgan fingerprint density at radius 3 is 2.67 bits per heavy atom. The molecule has 0 unspecified atom stereocenters. The summed E-state index contributed by atoms with van der Waals surface area (Å²) in [5.74, 6) is 1.65. The molecule has 1 aromatic carbocycles. The first-order valence-corrected chi connectivity index (χ1v) is 11.2. The van der Waals surface area contributed by atoms with E-state index in [-0.39, 0.29) is 24.0 Å². The Bertz CT molecular complexity index is 663. The van der Waals surface area contributed by atoms with Gasteiger partial charge in [0.2, 0.25) is 0 Å². The van der Waals surface area contributed by atoms with E-state index in [4.69, 9.17) is 21.1 Å². The van der Waals surface area contributed by atoms with Crippen molar-refractivity contribution in [2.24, 2.45) is 10.9 Å². The monoisotopic (exact) mass is 550 g/mol. The van der Waals surface area contributed by atoms with Gasteiger partial charge in [-0.15, -0.1) is 24.0 Å². The lowest BCUT2D eigenvalue weighted by molar-refractivity contribution is 0.0203. The third-order valence-electron chi connectivity index (χ3n) is 5.75. The first kappa shape index (κ1) is 25.5. The van der Waals surface area contributed by atoms with Gasteiger partial charge in [0.15, 0.2) is 5.96 Å². The Labute approximate surface area is 203 Å². The fourth-order valence-corrected chi connectivity index (χ4v) is 4.12. The first-order valence-electron chi connectivity index (χ1n) is 10.8. The number of hydrogen-bond acceptors (Lipinski definition) is 4. The minimum absolute atomic E-state index is 0. The van der Waals surface area contributed by atoms with Gasteiger partial charge in [0.25, 0.3) is 0 Å². The zero-order valence-corrected chi connectivity index (χ0v) is 21.3. The average molecular weight is 551 g/mol. The minimum atomic E-state index is 0. The van der Waals surface area contributed by atoms with Gasteiger partial charge in [-0.05, 0) is 49.8 Å². The number of rotatable bonds is 7. The number of aryl methyl sites for hydroxylation is 1. The van der Waals surface area contributed by atoms with E-state index in [0.29, 0.717) is 5.92 Å². The van der Waals surface area contributed by atoms with E-state index in [1.165, 1.54) is 11.3 Å². The molecule has 0 amide bonds. The second-order valence-electron chi connectivity index (χ2n) is 7.86. The fourth-order valence-electron chi connectivity index (χ4n) is 3.95. The number of hydrogen-bond donors (Lipinski definition) is 1. The molecule has 1 N–H and O–H groups in total. The van der Waals surface area contributed by atoms with Crippen molar-refractivity contribution in [3.63, 3.8) is 0 Å². The van der Waals surface area contributed by atoms with Crippen LogP contribution in [0.15, 0.2) is 23.2 Å². The number of nitrogens with one attached hydrogen (secondary N) is 1. The molecule has 0 bridgehead atoms. The van der Waals surface area contributed by atoms with E-state index < -0.39 is 0 Å². The molecule has 2 aliphatic heterocycles. The van der Waals surface area contributed by atoms with Gasteiger partial charge in [-0.1, -0.05) is 17.7 Å². The number of ether oxygens (including phenoxy) is 2. The van der Waals surface area contributed by atoms with E-state index in [2.05, 4.69) is 39.2 Å². The van der Waals surface area contributed by atoms with Crippen LogP contribution in [0.2, 0.25) is 5.02 Å². The molecule has 0 aliphatic carbocycles. The number of benzene rings is 1. The Morgan fingerprint density at radius 1 is 1.23 bits per heavy atom. The smallest absolute Gasteiger partial charge is 0.193 e. The maximum Gasteiger partial charge on any atom is 0.193 e. The van der Waals surface area contributed by atoms with Crippen molar-refractivity contribution in [3.8, 4) is 0 Å². The number of piperazine rings is 1. The lowest BCUT2D eigenvalue weighted by Crippen LogP contribution is -2.52. The van der Waals surface area contributed by atoms with Crippen LogP contribution in [0.4, 0.5) is 5.69 Å². The van der Waals surface area contributed by atoms with Gasteiger partial charge >= 0.3 is 0 Å². The maximum absolute atomic E-state index is 6.19. The van der Waals surface area contributed by atoms with Gasteiger partial charge in [-0.3, -0.25) is 4.99 Å². The van der Waals surface area contributed by atoms with Gasteiger partial charge in [-0.2, -0.15) is 0 Å². The molecule has 30 heavy (non-hydrogen) atoms. The predicted molar refractivity (Wildman–Crippen MR) is 136 cm³/mol. The van der Waals surface area contributed by atoms with Crippen molar-refractivity contribution < 1.29 is 9.47 Å². The number of nitrogens with zero attached hydrogens (tertiary/aromatic N) is 3. The second-order valence-corrected chi connectivity index (χ2v) is 8.30. The Balaban J connectivity index is 0.00000320. The van der Waals surface area contributed by atoms with Crippen LogP contribution >= 0.6 is 35.6 Å². The van der Waals surface area contributed by atoms with Crippen molar-refractivity contribution in [2.75, 3.05) is 71.1 Å². The Kier molecular flexibility index (Phi) is 11.6. The molecule has 0 spiro atoms. The van der Waals surface area contributed by atoms with Crippen LogP contribution in [0.3, 0.4) is 0 Å². The molecule has 170 valence electrons. The molecule has 6 nitrogen and oxygen atoms in total. The number of aliphatic imine (C=N–C) groups is 1. The van der Waals surface area contributed by atoms with Crippen LogP contribution in [0, 0.1) is 12.8 Å². The third kappa shape index (κ3) is 7.73. The van der Waals surface area contributed by atoms with E-state index >= 15 is 0 Å². The quantitative estimate of drug-likeness (QED) is 0.242. The van der Waals surface area contributed by atoms with Gasteiger partial charge < -0.3 is 24.6 Å². The van der Waals surface area contributed by atoms with Gasteiger partial charge in [0.1, 0.15) is 0 Å². The summed E-state index contributed by atoms with van der Waals surface area (Å²) in [6.07, 6.45) is 3.25. The SMILES string of the molecule is CN=C(NCCCOCC1CCOCC1)N1CCN(c2cc(Cl)ccc2C)CC1.I. The molecular weight excluding hydrogens is 515 g/mol. The van der Waals surface area contributed by atoms with Crippen LogP contribution in [-0.4, -0.2) is 77.1 Å². The standard InChI is InChI=1S/C22H35ClN4O2.HI/c1-18-4-5-20(23)16-21(18)26-9-11-27(12-10-26)22(24-2)25-8-3-13-29-17-19-6-14-28-15-7-19;/h4-5,16,19H,3,6-15,17H2,1-2H3,(H,24,25);1H. The van der Waals surface area contributed by atoms with Crippen LogP contribution in [0.1, 0.15) is 24.8 Å². The summed E-state index contributed by atoms with van der Waals surface area (Å²) >= 11 is 6.19. The molecule has 2 aliphatic rings. The van der Waals surface area contributed by atoms with Gasteiger partial charge in [0, 0.05) is 76.9 Å². The summed E-state index contributed by atoms with van der Waals surface area (Å²) in [5.41, 5.74) is 2.51. The molecule has 2 heterocycles. The van der Waals surface area contributed by atoms with Crippen LogP contribution < -0.4 is 10.2 Å². The normalized spacial score (nSPS) is 18.3. The predicted octanol–water partition coefficient (Wildman–Crippen LogP) is 3.80. The van der Waals surface area contributed by atoms with Crippen LogP contribution in [0.5, 0.6) is 0 Å². The Hall–Kier alpha value is -0.770. The Morgan fingerprint density at radius 2 is 1.97 bits per heavy atom. The molecule has 0 radical (unpaired) electrons. The summed E-state index contributed by atoms with van der Waals surface area (Å²) in [4.78, 5) is 9.21. The van der Waals surface area contributed by atoms with E-state index in [1.807, 2.05) is 13.1 Å². The van der Waals surface area contributed by atoms with Crippen LogP contribution in [-0.2, 0) is 9.47 Å². The summed E-state index contributed by atoms with van der Waals surface area (Å²) in [5, 5.41) is 4.28. The average Bonchev–Trinajstić information content (AvgIpc) is 2.76. The molecule has 0 atom stereocenters. The van der Waals surface area contributed by atoms with Crippen LogP contribution in [0.25, 0.3) is 0 Å². The number of guanidine groups is 1. The van der Waals surface area contributed by atoms with E-state index in [0.717, 1.165) is 89.4 Å². The largest absolute Gasteiger partial charge is 0.381 e. The molecule has 3 rings (SSSR count). The highest BCUT2D eigenvalue weighted by Gasteiger charge is 2.21. The highest BCUT2D eigenvalue weighted by Crippen LogP contribution is 2.25. The minimum Gasteiger partial charge on any atom is -0.381 e. The van der Waals surface area contributed by atoms with Crippen molar-refractivity contribution in [1.82, 2.24) is 10.2 Å². The summed E-state index contributed by atoms with van der Waals surface area (Å²) in [7, 11) is 1.86. The fraction of sp³-hybridized carbons (Fsp3) is 0.682. The zero-order chi connectivity index (χ0) is 20.5. The summed E-state index contributed by atoms with van der Waals surface area (Å²) in [6, 6.07) is 6.12. The van der Waals surface area contributed by atoms with E-state index in [1.54, 1.807) is 0 Å². The van der Waals surface area contributed by atoms with Gasteiger partial charge in [-0.25, -0.2) is 0 Å². The maximum atomic E-state index is 6.19. The van der Waals surface area contributed by atoms with Crippen molar-refractivity contribution in [2.45, 2.75) is 26.2 Å². The summed E-state index contributed by atoms with van der Waals surface area (Å²) in [6.45, 7) is 10.3. The number of anilines is 1. The zero-order valence-electron chi connectivity index (χ0n) is 18.2. The molecule has 2 saturated heterocycles. The van der Waals surface area contributed by atoms with Crippen molar-refractivity contribution in [1.29, 1.82) is 0 Å². The first-order chi connectivity index (χ1) is 14.2. The van der Waals surface area contributed by atoms with Gasteiger partial charge in [0.05, 0.1) is 0 Å². The van der Waals surface area contributed by atoms with Crippen molar-refractivity contribution >= 4 is 47.2 Å². The molecule has 1 aromatic rings. The number of halogens is 2. The molecule has 0 saturated carbocycles. The molecule has 8 heteroatoms. The molecule has 2 fully saturated rings. The van der Waals surface area contributed by atoms with Crippen molar-refractivity contribution in [3.05, 3.63) is 28.8 Å². The topological polar surface area (TPSA) is 49.3 Å². The highest BCUT2D eigenvalue weighted by atomic mass is 127. The third-order valence-corrected chi connectivity index (χ3v) is 5.98. The molecule has 0 aromatic heterocycles. The lowest BCUT2D eigenvalue weighted by Gasteiger charge is -2.38. The lowest BCUT2D eigenvalue weighted by atomic mass is 10.0. The second kappa shape index (κ2) is 13.6. The highest BCUT2D eigenvalue weighted by molar-refractivity contribution is 14.0. The summed E-state index contributed by atoms with van der Waals surface area (Å²) < 4.78 is 11.2. The molecular formula is C22H36ClIN4O2.